The average Bonchev–Trinajstić information content (AvgIpc) is 2.94. The molecule has 0 radical (unpaired) electrons. The van der Waals surface area contributed by atoms with Crippen LogP contribution in [0.5, 0.6) is 0 Å². The minimum atomic E-state index is 0.762. The number of nitrogens with zero attached hydrogens (tertiary/aromatic N) is 2. The van der Waals surface area contributed by atoms with Crippen molar-refractivity contribution in [3.05, 3.63) is 17.2 Å². The number of imidazole rings is 1. The Morgan fingerprint density at radius 1 is 1.43 bits per heavy atom. The largest absolute Gasteiger partial charge is 0.331 e. The third kappa shape index (κ3) is 1.82. The van der Waals surface area contributed by atoms with E-state index in [1.54, 1.807) is 0 Å². The second kappa shape index (κ2) is 3.73. The highest BCUT2D eigenvalue weighted by atomic mass is 15.1. The summed E-state index contributed by atoms with van der Waals surface area (Å²) in [5, 5.41) is 3.50. The van der Waals surface area contributed by atoms with Crippen molar-refractivity contribution in [3.8, 4) is 0 Å². The van der Waals surface area contributed by atoms with Crippen LogP contribution >= 0.6 is 0 Å². The van der Waals surface area contributed by atoms with Gasteiger partial charge in [-0.2, -0.15) is 0 Å². The maximum absolute atomic E-state index is 4.58. The number of rotatable bonds is 4. The zero-order chi connectivity index (χ0) is 10.1. The summed E-state index contributed by atoms with van der Waals surface area (Å²) in [6, 6.07) is 0.762. The van der Waals surface area contributed by atoms with Crippen LogP contribution in [0.1, 0.15) is 37.0 Å². The Morgan fingerprint density at radius 2 is 2.14 bits per heavy atom. The fraction of sp³-hybridized carbons (Fsp3) is 0.727. The first-order valence-electron chi connectivity index (χ1n) is 5.48. The summed E-state index contributed by atoms with van der Waals surface area (Å²) in [7, 11) is 0. The van der Waals surface area contributed by atoms with Gasteiger partial charge < -0.3 is 9.88 Å². The predicted molar refractivity (Wildman–Crippen MR) is 57.2 cm³/mol. The molecule has 1 fully saturated rings. The molecule has 1 aliphatic rings. The lowest BCUT2D eigenvalue weighted by Gasteiger charge is -2.07. The summed E-state index contributed by atoms with van der Waals surface area (Å²) in [5.74, 6) is 1.19. The molecule has 3 nitrogen and oxygen atoms in total. The summed E-state index contributed by atoms with van der Waals surface area (Å²) >= 11 is 0. The molecule has 1 aliphatic carbocycles. The van der Waals surface area contributed by atoms with Crippen LogP contribution < -0.4 is 5.32 Å². The first-order chi connectivity index (χ1) is 6.72. The second-order valence-electron chi connectivity index (χ2n) is 4.10. The minimum absolute atomic E-state index is 0.762. The number of aryl methyl sites for hydroxylation is 1. The molecule has 1 saturated carbocycles. The van der Waals surface area contributed by atoms with E-state index in [9.17, 15) is 0 Å². The van der Waals surface area contributed by atoms with E-state index in [0.29, 0.717) is 0 Å². The highest BCUT2D eigenvalue weighted by molar-refractivity contribution is 5.14. The van der Waals surface area contributed by atoms with Gasteiger partial charge in [0.25, 0.3) is 0 Å². The normalized spacial score (nSPS) is 16.2. The van der Waals surface area contributed by atoms with Crippen molar-refractivity contribution in [2.24, 2.45) is 0 Å². The lowest BCUT2D eigenvalue weighted by molar-refractivity contribution is 0.603. The summed E-state index contributed by atoms with van der Waals surface area (Å²) in [6.45, 7) is 8.35. The van der Waals surface area contributed by atoms with Crippen LogP contribution in [0.15, 0.2) is 0 Å². The van der Waals surface area contributed by atoms with Gasteiger partial charge in [0.2, 0.25) is 0 Å². The summed E-state index contributed by atoms with van der Waals surface area (Å²) in [5.41, 5.74) is 2.47. The maximum atomic E-state index is 4.58. The molecular formula is C11H19N3. The van der Waals surface area contributed by atoms with Crippen LogP contribution in [-0.4, -0.2) is 15.6 Å². The van der Waals surface area contributed by atoms with Crippen molar-refractivity contribution in [1.29, 1.82) is 0 Å². The van der Waals surface area contributed by atoms with E-state index < -0.39 is 0 Å². The lowest BCUT2D eigenvalue weighted by atomic mass is 10.4. The average molecular weight is 193 g/mol. The molecule has 1 heterocycles. The van der Waals surface area contributed by atoms with E-state index in [0.717, 1.165) is 19.1 Å². The zero-order valence-electron chi connectivity index (χ0n) is 9.30. The first-order valence-corrected chi connectivity index (χ1v) is 5.48. The number of aromatic nitrogens is 2. The third-order valence-electron chi connectivity index (χ3n) is 2.98. The molecule has 0 aliphatic heterocycles. The Kier molecular flexibility index (Phi) is 2.59. The van der Waals surface area contributed by atoms with Gasteiger partial charge in [0.1, 0.15) is 5.82 Å². The molecule has 14 heavy (non-hydrogen) atoms. The third-order valence-corrected chi connectivity index (χ3v) is 2.98. The molecule has 0 unspecified atom stereocenters. The van der Waals surface area contributed by atoms with Crippen molar-refractivity contribution in [2.75, 3.05) is 0 Å². The molecule has 0 amide bonds. The number of hydrogen-bond acceptors (Lipinski definition) is 2. The molecule has 78 valence electrons. The highest BCUT2D eigenvalue weighted by Gasteiger charge is 2.21. The summed E-state index contributed by atoms with van der Waals surface area (Å²) in [4.78, 5) is 4.58. The molecule has 2 rings (SSSR count). The molecule has 0 saturated heterocycles. The molecule has 0 spiro atoms. The van der Waals surface area contributed by atoms with E-state index in [-0.39, 0.29) is 0 Å². The zero-order valence-corrected chi connectivity index (χ0v) is 9.30. The SMILES string of the molecule is CCn1c(CNC2CC2)nc(C)c1C. The van der Waals surface area contributed by atoms with Gasteiger partial charge in [-0.15, -0.1) is 0 Å². The van der Waals surface area contributed by atoms with E-state index in [1.165, 1.54) is 30.1 Å². The second-order valence-corrected chi connectivity index (χ2v) is 4.10. The number of hydrogen-bond donors (Lipinski definition) is 1. The van der Waals surface area contributed by atoms with Gasteiger partial charge in [0, 0.05) is 18.3 Å². The van der Waals surface area contributed by atoms with Gasteiger partial charge in [0.05, 0.1) is 12.2 Å². The van der Waals surface area contributed by atoms with Gasteiger partial charge in [-0.3, -0.25) is 0 Å². The van der Waals surface area contributed by atoms with Crippen molar-refractivity contribution in [3.63, 3.8) is 0 Å². The van der Waals surface area contributed by atoms with Crippen molar-refractivity contribution in [1.82, 2.24) is 14.9 Å². The van der Waals surface area contributed by atoms with Crippen LogP contribution in [0.4, 0.5) is 0 Å². The fourth-order valence-corrected chi connectivity index (χ4v) is 1.80. The lowest BCUT2D eigenvalue weighted by Crippen LogP contribution is -2.19. The minimum Gasteiger partial charge on any atom is -0.331 e. The van der Waals surface area contributed by atoms with Crippen molar-refractivity contribution < 1.29 is 0 Å². The quantitative estimate of drug-likeness (QED) is 0.790. The van der Waals surface area contributed by atoms with E-state index in [4.69, 9.17) is 0 Å². The van der Waals surface area contributed by atoms with Crippen molar-refractivity contribution in [2.45, 2.75) is 52.7 Å². The molecule has 1 aromatic rings. The molecular weight excluding hydrogens is 174 g/mol. The van der Waals surface area contributed by atoms with Gasteiger partial charge in [-0.1, -0.05) is 0 Å². The van der Waals surface area contributed by atoms with Crippen LogP contribution in [0.25, 0.3) is 0 Å². The van der Waals surface area contributed by atoms with Crippen LogP contribution in [0, 0.1) is 13.8 Å². The van der Waals surface area contributed by atoms with E-state index >= 15 is 0 Å². The monoisotopic (exact) mass is 193 g/mol. The Bertz CT molecular complexity index is 324. The molecule has 3 heteroatoms. The van der Waals surface area contributed by atoms with Gasteiger partial charge in [-0.25, -0.2) is 4.98 Å². The van der Waals surface area contributed by atoms with Crippen LogP contribution in [-0.2, 0) is 13.1 Å². The Balaban J connectivity index is 2.09. The van der Waals surface area contributed by atoms with E-state index in [2.05, 4.69) is 35.6 Å². The Hall–Kier alpha value is -0.830. The Labute approximate surface area is 85.5 Å². The van der Waals surface area contributed by atoms with Crippen LogP contribution in [0.3, 0.4) is 0 Å². The predicted octanol–water partition coefficient (Wildman–Crippen LogP) is 1.77. The highest BCUT2D eigenvalue weighted by Crippen LogP contribution is 2.19. The molecule has 0 bridgehead atoms. The maximum Gasteiger partial charge on any atom is 0.123 e. The van der Waals surface area contributed by atoms with Gasteiger partial charge in [-0.05, 0) is 33.6 Å². The van der Waals surface area contributed by atoms with Crippen LogP contribution in [0.2, 0.25) is 0 Å². The molecule has 1 aromatic heterocycles. The topological polar surface area (TPSA) is 29.9 Å². The van der Waals surface area contributed by atoms with Crippen molar-refractivity contribution >= 4 is 0 Å². The fourth-order valence-electron chi connectivity index (χ4n) is 1.80. The molecule has 0 atom stereocenters. The number of nitrogens with one attached hydrogen (secondary N) is 1. The first kappa shape index (κ1) is 9.71. The summed E-state index contributed by atoms with van der Waals surface area (Å²) < 4.78 is 2.30. The smallest absolute Gasteiger partial charge is 0.123 e. The van der Waals surface area contributed by atoms with Gasteiger partial charge in [0.15, 0.2) is 0 Å². The van der Waals surface area contributed by atoms with E-state index in [1.807, 2.05) is 0 Å². The Morgan fingerprint density at radius 3 is 2.71 bits per heavy atom. The molecule has 0 aromatic carbocycles. The van der Waals surface area contributed by atoms with Gasteiger partial charge >= 0.3 is 0 Å². The standard InChI is InChI=1S/C11H19N3/c1-4-14-9(3)8(2)13-11(14)7-12-10-5-6-10/h10,12H,4-7H2,1-3H3. The molecule has 1 N–H and O–H groups in total. The summed E-state index contributed by atoms with van der Waals surface area (Å²) in [6.07, 6.45) is 2.68.